The Morgan fingerprint density at radius 1 is 0.444 bits per heavy atom. The fourth-order valence-electron chi connectivity index (χ4n) is 8.30. The molecule has 0 spiro atoms. The lowest BCUT2D eigenvalue weighted by Crippen LogP contribution is -2.64. The summed E-state index contributed by atoms with van der Waals surface area (Å²) in [4.78, 5) is 9.10. The molecule has 398 valence electrons. The van der Waals surface area contributed by atoms with Crippen molar-refractivity contribution in [2.45, 2.75) is 133 Å². The summed E-state index contributed by atoms with van der Waals surface area (Å²) in [6.07, 6.45) is -25.4. The molecule has 4 heterocycles. The van der Waals surface area contributed by atoms with Crippen molar-refractivity contribution in [3.8, 4) is 11.5 Å². The van der Waals surface area contributed by atoms with Crippen LogP contribution in [0, 0.1) is 0 Å². The number of aliphatic hydroxyl groups is 14. The second kappa shape index (κ2) is 25.4. The number of nitrogens with zero attached hydrogens (tertiary/aromatic N) is 2. The zero-order chi connectivity index (χ0) is 52.0. The zero-order valence-electron chi connectivity index (χ0n) is 38.0. The number of hydrogen-bond acceptors (Lipinski definition) is 26. The first-order chi connectivity index (χ1) is 34.5. The van der Waals surface area contributed by atoms with Gasteiger partial charge < -0.3 is 110 Å². The van der Waals surface area contributed by atoms with Gasteiger partial charge in [-0.1, -0.05) is 24.3 Å². The van der Waals surface area contributed by atoms with E-state index in [4.69, 9.17) is 28.4 Å². The highest BCUT2D eigenvalue weighted by Gasteiger charge is 2.52. The molecule has 0 bridgehead atoms. The Kier molecular flexibility index (Phi) is 19.8. The molecule has 7 rings (SSSR count). The predicted octanol–water partition coefficient (Wildman–Crippen LogP) is -3.69. The highest BCUT2D eigenvalue weighted by Crippen LogP contribution is 2.37. The number of phenolic OH excluding ortho intramolecular Hbond substituents is 2. The van der Waals surface area contributed by atoms with Gasteiger partial charge in [-0.25, -0.2) is 0 Å². The minimum Gasteiger partial charge on any atom is -0.507 e. The van der Waals surface area contributed by atoms with Crippen LogP contribution in [0.2, 0.25) is 0 Å². The van der Waals surface area contributed by atoms with Crippen LogP contribution in [0.1, 0.15) is 22.3 Å². The fourth-order valence-corrected chi connectivity index (χ4v) is 10.5. The van der Waals surface area contributed by atoms with Gasteiger partial charge in [-0.2, -0.15) is 0 Å². The molecule has 3 aromatic carbocycles. The summed E-state index contributed by atoms with van der Waals surface area (Å²) < 4.78 is 33.7. The number of hydrogen-bond donors (Lipinski definition) is 16. The lowest BCUT2D eigenvalue weighted by Gasteiger charge is -2.46. The molecule has 0 amide bonds. The Bertz CT molecular complexity index is 2130. The monoisotopic (exact) mass is 1060 g/mol. The van der Waals surface area contributed by atoms with Gasteiger partial charge >= 0.3 is 0 Å². The predicted molar refractivity (Wildman–Crippen MR) is 253 cm³/mol. The minimum absolute atomic E-state index is 0.111. The number of aromatic hydroxyl groups is 2. The normalized spacial score (nSPS) is 37.6. The van der Waals surface area contributed by atoms with Crippen molar-refractivity contribution >= 4 is 47.3 Å². The zero-order valence-corrected chi connectivity index (χ0v) is 39.7. The third-order valence-corrected chi connectivity index (χ3v) is 14.9. The summed E-state index contributed by atoms with van der Waals surface area (Å²) in [6.45, 7) is -2.83. The van der Waals surface area contributed by atoms with Gasteiger partial charge in [0, 0.05) is 35.1 Å². The molecule has 4 saturated heterocycles. The maximum absolute atomic E-state index is 11.0. The topological polar surface area (TPSA) is 404 Å². The van der Waals surface area contributed by atoms with Crippen LogP contribution in [0.3, 0.4) is 0 Å². The Labute approximate surface area is 419 Å². The van der Waals surface area contributed by atoms with Gasteiger partial charge in [0.25, 0.3) is 0 Å². The van der Waals surface area contributed by atoms with E-state index < -0.39 is 148 Å². The summed E-state index contributed by atoms with van der Waals surface area (Å²) >= 11 is 2.13. The van der Waals surface area contributed by atoms with Crippen molar-refractivity contribution in [1.29, 1.82) is 0 Å². The van der Waals surface area contributed by atoms with Crippen molar-refractivity contribution in [2.75, 3.05) is 26.4 Å². The second-order valence-electron chi connectivity index (χ2n) is 17.4. The quantitative estimate of drug-likeness (QED) is 0.0546. The highest BCUT2D eigenvalue weighted by molar-refractivity contribution is 7.99. The molecule has 4 aliphatic rings. The van der Waals surface area contributed by atoms with Crippen LogP contribution in [0.15, 0.2) is 70.6 Å². The minimum atomic E-state index is -1.80. The molecular formula is C46H60N2O22S2. The molecule has 72 heavy (non-hydrogen) atoms. The Morgan fingerprint density at radius 3 is 1.18 bits per heavy atom. The van der Waals surface area contributed by atoms with E-state index in [1.165, 1.54) is 24.6 Å². The summed E-state index contributed by atoms with van der Waals surface area (Å²) in [6, 6.07) is 16.2. The molecule has 0 radical (unpaired) electrons. The molecule has 24 nitrogen and oxygen atoms in total. The summed E-state index contributed by atoms with van der Waals surface area (Å²) in [7, 11) is 0. The fraction of sp³-hybridized carbons (Fsp3) is 0.565. The third kappa shape index (κ3) is 12.8. The van der Waals surface area contributed by atoms with Gasteiger partial charge in [0.15, 0.2) is 12.6 Å². The number of aliphatic imine (C=N–C) groups is 2. The smallest absolute Gasteiger partial charge is 0.187 e. The lowest BCUT2D eigenvalue weighted by molar-refractivity contribution is -0.338. The first kappa shape index (κ1) is 56.2. The van der Waals surface area contributed by atoms with Gasteiger partial charge in [0.1, 0.15) is 120 Å². The van der Waals surface area contributed by atoms with Gasteiger partial charge in [0.2, 0.25) is 0 Å². The van der Waals surface area contributed by atoms with E-state index in [2.05, 4.69) is 9.98 Å². The van der Waals surface area contributed by atoms with Crippen LogP contribution in [-0.4, -0.2) is 242 Å². The van der Waals surface area contributed by atoms with Crippen molar-refractivity contribution in [3.63, 3.8) is 0 Å². The maximum atomic E-state index is 11.0. The first-order valence-corrected chi connectivity index (χ1v) is 24.8. The van der Waals surface area contributed by atoms with E-state index in [1.807, 2.05) is 0 Å². The van der Waals surface area contributed by atoms with E-state index in [1.54, 1.807) is 48.5 Å². The Morgan fingerprint density at radius 2 is 0.819 bits per heavy atom. The molecule has 20 atom stereocenters. The molecule has 0 aliphatic carbocycles. The average Bonchev–Trinajstić information content (AvgIpc) is 3.38. The summed E-state index contributed by atoms with van der Waals surface area (Å²) in [5.41, 5.74) is 0.479. The van der Waals surface area contributed by atoms with Gasteiger partial charge in [-0.3, -0.25) is 9.98 Å². The van der Waals surface area contributed by atoms with E-state index in [9.17, 15) is 81.7 Å². The van der Waals surface area contributed by atoms with Crippen LogP contribution in [0.5, 0.6) is 11.5 Å². The lowest BCUT2D eigenvalue weighted by atomic mass is 9.97. The molecule has 4 aliphatic heterocycles. The number of benzene rings is 3. The molecule has 0 unspecified atom stereocenters. The van der Waals surface area contributed by atoms with Crippen LogP contribution in [0.25, 0.3) is 0 Å². The summed E-state index contributed by atoms with van der Waals surface area (Å²) in [5, 5.41) is 166. The highest BCUT2D eigenvalue weighted by atomic mass is 32.2. The second-order valence-corrected chi connectivity index (χ2v) is 19.6. The average molecular weight is 1060 g/mol. The van der Waals surface area contributed by atoms with E-state index in [-0.39, 0.29) is 23.0 Å². The number of para-hydroxylation sites is 2. The van der Waals surface area contributed by atoms with Gasteiger partial charge in [0.05, 0.1) is 37.8 Å². The van der Waals surface area contributed by atoms with Crippen molar-refractivity contribution in [2.24, 2.45) is 9.98 Å². The van der Waals surface area contributed by atoms with Crippen LogP contribution in [0.4, 0.5) is 11.4 Å². The summed E-state index contributed by atoms with van der Waals surface area (Å²) in [5.74, 6) is 0.133. The number of aliphatic hydroxyl groups excluding tert-OH is 14. The Hall–Kier alpha value is -3.50. The number of phenols is 2. The first-order valence-electron chi connectivity index (χ1n) is 22.7. The van der Waals surface area contributed by atoms with E-state index in [0.29, 0.717) is 33.6 Å². The van der Waals surface area contributed by atoms with Crippen molar-refractivity contribution in [1.82, 2.24) is 0 Å². The molecule has 0 saturated carbocycles. The number of ether oxygens (including phenoxy) is 6. The maximum Gasteiger partial charge on any atom is 0.187 e. The third-order valence-electron chi connectivity index (χ3n) is 12.5. The van der Waals surface area contributed by atoms with Crippen molar-refractivity contribution < 1.29 is 110 Å². The van der Waals surface area contributed by atoms with Crippen LogP contribution < -0.4 is 0 Å². The Balaban J connectivity index is 0.953. The largest absolute Gasteiger partial charge is 0.507 e. The van der Waals surface area contributed by atoms with E-state index >= 15 is 0 Å². The molecule has 26 heteroatoms. The standard InChI is InChI=1S/C46H60N2O22S2/c49-13-27-31(55)33(57)37(61)43(65-27)69-41-29(15-51)67-45(39(63)35(41)59)71-17-19-5-7-25(53)21(9-19)11-47-23-3-1-2-4-24(23)48-12-22-10-20(6-8-26(22)54)18-72-46-40(64)36(60)42(30(16-52)68-46)70-44-38(62)34(58)32(56)28(14-50)66-44/h1-12,27-46,49-64H,13-18H2/t27-,28-,29-,30-,31-,32-,33+,34+,35-,36-,37-,38-,39-,40-,41-,42-,43-,44-,45+,46+/m1/s1. The number of thioether (sulfide) groups is 2. The molecule has 16 N–H and O–H groups in total. The van der Waals surface area contributed by atoms with Gasteiger partial charge in [-0.15, -0.1) is 23.5 Å². The number of rotatable bonds is 18. The molecule has 0 aromatic heterocycles. The van der Waals surface area contributed by atoms with Crippen molar-refractivity contribution in [3.05, 3.63) is 82.9 Å². The van der Waals surface area contributed by atoms with Crippen LogP contribution in [-0.2, 0) is 39.9 Å². The molecule has 4 fully saturated rings. The van der Waals surface area contributed by atoms with Crippen LogP contribution >= 0.6 is 23.5 Å². The van der Waals surface area contributed by atoms with E-state index in [0.717, 1.165) is 23.5 Å². The SMILES string of the molecule is OC[C@H]1O[C@H](O[C@H]2[C@H](O)[C@@H](O)[C@H](SCc3ccc(O)c(C=Nc4ccccc4N=Cc4cc(CS[C@@H]5O[C@H](CO)[C@@H](O[C@H]6O[C@H](CO)[C@@H](O)[C@H](O)[C@H]6O)[C@H](O)[C@H]5O)ccc4O)c3)O[C@@H]2CO)[C@H](O)[C@@H](O)[C@@H]1O. The molecule has 3 aromatic rings. The molecular weight excluding hydrogens is 997 g/mol. The van der Waals surface area contributed by atoms with Gasteiger partial charge in [-0.05, 0) is 47.5 Å².